The molecule has 7 rings (SSSR count). The number of ether oxygens (including phenoxy) is 1. The van der Waals surface area contributed by atoms with Crippen molar-refractivity contribution in [2.24, 2.45) is 7.05 Å². The van der Waals surface area contributed by atoms with E-state index >= 15 is 0 Å². The standard InChI is InChI=1S/C30H28N4O5/c1-33-22-15-19(38-2)11-9-16(22)13-21(30(33)37)24-25-28(34(32-29(25)36)17-7-5-3-4-6-8-17)31-26-20-12-10-18(35)14-23(20)39-27(24)26/h9-15,17,31H,3-8H2,1-2H3,(H,32,36). The summed E-state index contributed by atoms with van der Waals surface area (Å²) in [6.07, 6.45) is 6.48. The average molecular weight is 525 g/mol. The number of aromatic nitrogens is 4. The van der Waals surface area contributed by atoms with Gasteiger partial charge in [-0.25, -0.2) is 0 Å². The number of fused-ring (bicyclic) bond motifs is 5. The van der Waals surface area contributed by atoms with E-state index in [2.05, 4.69) is 10.1 Å². The normalized spacial score (nSPS) is 15.0. The number of pyridine rings is 2. The lowest BCUT2D eigenvalue weighted by Gasteiger charge is -2.17. The molecule has 1 fully saturated rings. The van der Waals surface area contributed by atoms with Gasteiger partial charge < -0.3 is 18.7 Å². The maximum absolute atomic E-state index is 13.9. The zero-order valence-electron chi connectivity index (χ0n) is 21.8. The maximum Gasteiger partial charge on any atom is 0.274 e. The molecule has 4 aromatic heterocycles. The number of methoxy groups -OCH3 is 1. The van der Waals surface area contributed by atoms with Gasteiger partial charge in [0.05, 0.1) is 35.1 Å². The van der Waals surface area contributed by atoms with Gasteiger partial charge in [-0.15, -0.1) is 0 Å². The van der Waals surface area contributed by atoms with Crippen molar-refractivity contribution in [3.8, 4) is 16.9 Å². The van der Waals surface area contributed by atoms with E-state index in [0.29, 0.717) is 50.1 Å². The molecule has 0 unspecified atom stereocenters. The molecule has 0 saturated heterocycles. The van der Waals surface area contributed by atoms with Crippen molar-refractivity contribution in [2.75, 3.05) is 7.11 Å². The highest BCUT2D eigenvalue weighted by molar-refractivity contribution is 6.14. The molecule has 1 saturated carbocycles. The highest BCUT2D eigenvalue weighted by Crippen LogP contribution is 2.39. The van der Waals surface area contributed by atoms with Crippen LogP contribution in [0.25, 0.3) is 55.1 Å². The zero-order chi connectivity index (χ0) is 26.8. The zero-order valence-corrected chi connectivity index (χ0v) is 21.8. The monoisotopic (exact) mass is 524 g/mol. The fraction of sp³-hybridized carbons (Fsp3) is 0.300. The molecule has 0 atom stereocenters. The molecule has 4 heterocycles. The second-order valence-electron chi connectivity index (χ2n) is 10.5. The van der Waals surface area contributed by atoms with Crippen molar-refractivity contribution in [3.63, 3.8) is 0 Å². The van der Waals surface area contributed by atoms with Crippen LogP contribution in [0.4, 0.5) is 0 Å². The fourth-order valence-electron chi connectivity index (χ4n) is 6.21. The van der Waals surface area contributed by atoms with Crippen LogP contribution < -0.4 is 21.3 Å². The Kier molecular flexibility index (Phi) is 5.30. The van der Waals surface area contributed by atoms with Crippen LogP contribution in [0.3, 0.4) is 0 Å². The highest BCUT2D eigenvalue weighted by atomic mass is 16.5. The van der Waals surface area contributed by atoms with Crippen molar-refractivity contribution in [3.05, 3.63) is 73.4 Å². The number of rotatable bonds is 3. The Morgan fingerprint density at radius 1 is 0.974 bits per heavy atom. The average Bonchev–Trinajstić information content (AvgIpc) is 3.32. The molecule has 0 spiro atoms. The number of aryl methyl sites for hydroxylation is 1. The first-order chi connectivity index (χ1) is 18.9. The van der Waals surface area contributed by atoms with E-state index < -0.39 is 0 Å². The van der Waals surface area contributed by atoms with Crippen LogP contribution >= 0.6 is 0 Å². The molecule has 0 aliphatic heterocycles. The second kappa shape index (κ2) is 8.76. The summed E-state index contributed by atoms with van der Waals surface area (Å²) in [5, 5.41) is 4.99. The van der Waals surface area contributed by atoms with E-state index in [1.807, 2.05) is 22.9 Å². The van der Waals surface area contributed by atoms with Gasteiger partial charge >= 0.3 is 0 Å². The number of nitrogens with one attached hydrogen (secondary N) is 2. The third kappa shape index (κ3) is 3.56. The minimum atomic E-state index is -0.288. The van der Waals surface area contributed by atoms with E-state index in [0.717, 1.165) is 36.5 Å². The van der Waals surface area contributed by atoms with Crippen LogP contribution in [0.1, 0.15) is 44.6 Å². The largest absolute Gasteiger partial charge is 0.497 e. The number of hydrogen-bond donors (Lipinski definition) is 2. The van der Waals surface area contributed by atoms with E-state index in [-0.39, 0.29) is 22.6 Å². The minimum absolute atomic E-state index is 0.137. The Morgan fingerprint density at radius 2 is 1.77 bits per heavy atom. The summed E-state index contributed by atoms with van der Waals surface area (Å²) in [7, 11) is 3.29. The van der Waals surface area contributed by atoms with Crippen molar-refractivity contribution < 1.29 is 9.15 Å². The second-order valence-corrected chi connectivity index (χ2v) is 10.5. The topological polar surface area (TPSA) is 115 Å². The first kappa shape index (κ1) is 23.6. The SMILES string of the molecule is COc1ccc2cc(-c3c4oc5cc(=O)ccc5c4[nH]c4c3c(=O)[nH]n4C3CCCCCC3)c(=O)n(C)c2c1. The number of aromatic amines is 2. The predicted molar refractivity (Wildman–Crippen MR) is 152 cm³/mol. The lowest BCUT2D eigenvalue weighted by molar-refractivity contribution is 0.413. The third-order valence-electron chi connectivity index (χ3n) is 8.20. The highest BCUT2D eigenvalue weighted by Gasteiger charge is 2.26. The molecule has 9 heteroatoms. The number of hydrogen-bond acceptors (Lipinski definition) is 5. The molecule has 2 N–H and O–H groups in total. The van der Waals surface area contributed by atoms with Crippen LogP contribution in [0.2, 0.25) is 0 Å². The summed E-state index contributed by atoms with van der Waals surface area (Å²) in [5.74, 6) is 0.645. The molecule has 6 aromatic rings. The molecule has 39 heavy (non-hydrogen) atoms. The van der Waals surface area contributed by atoms with Gasteiger partial charge in [0.25, 0.3) is 11.1 Å². The van der Waals surface area contributed by atoms with Crippen LogP contribution in [0.5, 0.6) is 5.75 Å². The number of benzene rings is 2. The summed E-state index contributed by atoms with van der Waals surface area (Å²) >= 11 is 0. The molecule has 1 aliphatic rings. The van der Waals surface area contributed by atoms with Gasteiger partial charge in [-0.05, 0) is 48.6 Å². The van der Waals surface area contributed by atoms with Gasteiger partial charge in [-0.2, -0.15) is 0 Å². The Balaban J connectivity index is 1.63. The van der Waals surface area contributed by atoms with Crippen LogP contribution in [0, 0.1) is 0 Å². The molecule has 1 aliphatic carbocycles. The number of H-pyrrole nitrogens is 2. The molecule has 9 nitrogen and oxygen atoms in total. The van der Waals surface area contributed by atoms with Gasteiger partial charge in [0.1, 0.15) is 17.0 Å². The number of furan rings is 1. The number of nitrogens with zero attached hydrogens (tertiary/aromatic N) is 2. The molecule has 0 radical (unpaired) electrons. The summed E-state index contributed by atoms with van der Waals surface area (Å²) in [5.41, 5.74) is 2.80. The van der Waals surface area contributed by atoms with Crippen molar-refractivity contribution in [2.45, 2.75) is 44.6 Å². The maximum atomic E-state index is 13.9. The van der Waals surface area contributed by atoms with Gasteiger partial charge in [0.2, 0.25) is 0 Å². The van der Waals surface area contributed by atoms with E-state index in [1.165, 1.54) is 25.0 Å². The molecular formula is C30H28N4O5. The van der Waals surface area contributed by atoms with Crippen LogP contribution in [-0.2, 0) is 7.05 Å². The summed E-state index contributed by atoms with van der Waals surface area (Å²) in [6, 6.07) is 12.1. The van der Waals surface area contributed by atoms with Crippen molar-refractivity contribution in [1.82, 2.24) is 19.3 Å². The van der Waals surface area contributed by atoms with Crippen LogP contribution in [0.15, 0.2) is 61.3 Å². The van der Waals surface area contributed by atoms with E-state index in [9.17, 15) is 14.4 Å². The van der Waals surface area contributed by atoms with Crippen molar-refractivity contribution >= 4 is 44.0 Å². The van der Waals surface area contributed by atoms with Crippen molar-refractivity contribution in [1.29, 1.82) is 0 Å². The lowest BCUT2D eigenvalue weighted by atomic mass is 10.0. The van der Waals surface area contributed by atoms with Gasteiger partial charge in [-0.3, -0.25) is 24.2 Å². The Morgan fingerprint density at radius 3 is 2.54 bits per heavy atom. The third-order valence-corrected chi connectivity index (χ3v) is 8.20. The minimum Gasteiger partial charge on any atom is -0.497 e. The summed E-state index contributed by atoms with van der Waals surface area (Å²) in [4.78, 5) is 43.2. The Labute approximate surface area is 221 Å². The quantitative estimate of drug-likeness (QED) is 0.303. The Hall–Kier alpha value is -4.53. The molecular weight excluding hydrogens is 496 g/mol. The predicted octanol–water partition coefficient (Wildman–Crippen LogP) is 5.34. The van der Waals surface area contributed by atoms with Gasteiger partial charge in [0.15, 0.2) is 11.0 Å². The van der Waals surface area contributed by atoms with Crippen LogP contribution in [-0.4, -0.2) is 26.4 Å². The van der Waals surface area contributed by atoms with Gasteiger partial charge in [0, 0.05) is 30.1 Å². The smallest absolute Gasteiger partial charge is 0.274 e. The fourth-order valence-corrected chi connectivity index (χ4v) is 6.21. The molecule has 0 amide bonds. The van der Waals surface area contributed by atoms with E-state index in [1.54, 1.807) is 30.9 Å². The summed E-state index contributed by atoms with van der Waals surface area (Å²) in [6.45, 7) is 0. The lowest BCUT2D eigenvalue weighted by Crippen LogP contribution is -2.19. The first-order valence-electron chi connectivity index (χ1n) is 13.4. The molecule has 198 valence electrons. The van der Waals surface area contributed by atoms with E-state index in [4.69, 9.17) is 9.15 Å². The first-order valence-corrected chi connectivity index (χ1v) is 13.4. The Bertz CT molecular complexity index is 2100. The summed E-state index contributed by atoms with van der Waals surface area (Å²) < 4.78 is 15.1. The molecule has 2 aromatic carbocycles. The molecule has 0 bridgehead atoms. The van der Waals surface area contributed by atoms with Gasteiger partial charge in [-0.1, -0.05) is 25.7 Å².